The molecule has 1 atom stereocenters. The van der Waals surface area contributed by atoms with Crippen molar-refractivity contribution in [2.75, 3.05) is 11.9 Å². The highest BCUT2D eigenvalue weighted by Crippen LogP contribution is 2.29. The number of aromatic nitrogens is 1. The van der Waals surface area contributed by atoms with Gasteiger partial charge in [-0.1, -0.05) is 6.07 Å². The van der Waals surface area contributed by atoms with E-state index in [-0.39, 0.29) is 23.8 Å². The molecule has 7 heteroatoms. The van der Waals surface area contributed by atoms with Crippen LogP contribution >= 0.6 is 12.2 Å². The molecule has 2 aromatic rings. The summed E-state index contributed by atoms with van der Waals surface area (Å²) in [5, 5.41) is 4.47. The van der Waals surface area contributed by atoms with Crippen LogP contribution in [-0.2, 0) is 9.59 Å². The van der Waals surface area contributed by atoms with Gasteiger partial charge in [-0.15, -0.1) is 0 Å². The SMILES string of the molecule is CCN1C(=O)C(CC(=O)Nc2ccc3cc[nH]c3c2)N(C(C)(C)C)C1=S. The summed E-state index contributed by atoms with van der Waals surface area (Å²) in [7, 11) is 0. The molecule has 1 aromatic heterocycles. The number of thiocarbonyl (C=S) groups is 1. The van der Waals surface area contributed by atoms with E-state index in [9.17, 15) is 9.59 Å². The number of H-pyrrole nitrogens is 1. The van der Waals surface area contributed by atoms with Crippen LogP contribution in [0, 0.1) is 0 Å². The maximum atomic E-state index is 12.7. The van der Waals surface area contributed by atoms with Crippen molar-refractivity contribution in [3.8, 4) is 0 Å². The average Bonchev–Trinajstić information content (AvgIpc) is 3.09. The molecule has 6 nitrogen and oxygen atoms in total. The molecule has 3 rings (SSSR count). The van der Waals surface area contributed by atoms with E-state index in [1.807, 2.05) is 63.1 Å². The Bertz CT molecular complexity index is 868. The van der Waals surface area contributed by atoms with Gasteiger partial charge in [0, 0.05) is 29.5 Å². The van der Waals surface area contributed by atoms with Crippen molar-refractivity contribution in [1.82, 2.24) is 14.8 Å². The minimum Gasteiger partial charge on any atom is -0.361 e. The number of nitrogens with zero attached hydrogens (tertiary/aromatic N) is 2. The number of amides is 2. The Balaban J connectivity index is 1.77. The monoisotopic (exact) mass is 372 g/mol. The lowest BCUT2D eigenvalue weighted by atomic mass is 10.0. The van der Waals surface area contributed by atoms with Crippen LogP contribution < -0.4 is 5.32 Å². The molecule has 0 saturated carbocycles. The molecule has 1 aliphatic heterocycles. The number of rotatable bonds is 4. The average molecular weight is 372 g/mol. The van der Waals surface area contributed by atoms with Gasteiger partial charge >= 0.3 is 0 Å². The van der Waals surface area contributed by atoms with Crippen molar-refractivity contribution in [3.63, 3.8) is 0 Å². The van der Waals surface area contributed by atoms with Gasteiger partial charge < -0.3 is 15.2 Å². The third-order valence-electron chi connectivity index (χ3n) is 4.56. The summed E-state index contributed by atoms with van der Waals surface area (Å²) in [6.07, 6.45) is 1.92. The van der Waals surface area contributed by atoms with E-state index < -0.39 is 6.04 Å². The second kappa shape index (κ2) is 6.72. The molecule has 26 heavy (non-hydrogen) atoms. The predicted molar refractivity (Wildman–Crippen MR) is 107 cm³/mol. The lowest BCUT2D eigenvalue weighted by Crippen LogP contribution is -2.49. The largest absolute Gasteiger partial charge is 0.361 e. The Hall–Kier alpha value is -2.41. The third kappa shape index (κ3) is 3.31. The second-order valence-electron chi connectivity index (χ2n) is 7.45. The van der Waals surface area contributed by atoms with Crippen molar-refractivity contribution >= 4 is 45.7 Å². The summed E-state index contributed by atoms with van der Waals surface area (Å²) in [5.74, 6) is -0.313. The normalized spacial score (nSPS) is 18.1. The van der Waals surface area contributed by atoms with Gasteiger partial charge in [-0.3, -0.25) is 14.5 Å². The molecular formula is C19H24N4O2S. The Kier molecular flexibility index (Phi) is 4.75. The smallest absolute Gasteiger partial charge is 0.252 e. The van der Waals surface area contributed by atoms with E-state index in [4.69, 9.17) is 12.2 Å². The van der Waals surface area contributed by atoms with Gasteiger partial charge in [0.15, 0.2) is 5.11 Å². The summed E-state index contributed by atoms with van der Waals surface area (Å²) in [5.41, 5.74) is 1.31. The molecule has 1 aliphatic rings. The maximum Gasteiger partial charge on any atom is 0.252 e. The highest BCUT2D eigenvalue weighted by Gasteiger charge is 2.46. The summed E-state index contributed by atoms with van der Waals surface area (Å²) >= 11 is 5.48. The van der Waals surface area contributed by atoms with Gasteiger partial charge in [0.1, 0.15) is 6.04 Å². The Morgan fingerprint density at radius 1 is 1.31 bits per heavy atom. The number of likely N-dealkylation sites (N-methyl/N-ethyl adjacent to an activating group) is 1. The quantitative estimate of drug-likeness (QED) is 0.809. The van der Waals surface area contributed by atoms with Gasteiger partial charge in [-0.25, -0.2) is 0 Å². The van der Waals surface area contributed by atoms with Crippen LogP contribution in [0.15, 0.2) is 30.5 Å². The summed E-state index contributed by atoms with van der Waals surface area (Å²) in [6.45, 7) is 8.38. The minimum absolute atomic E-state index is 0.0650. The zero-order chi connectivity index (χ0) is 19.1. The molecule has 1 saturated heterocycles. The Morgan fingerprint density at radius 3 is 2.69 bits per heavy atom. The van der Waals surface area contributed by atoms with Crippen LogP contribution in [0.1, 0.15) is 34.1 Å². The van der Waals surface area contributed by atoms with Crippen molar-refractivity contribution in [2.45, 2.75) is 45.7 Å². The second-order valence-corrected chi connectivity index (χ2v) is 7.82. The van der Waals surface area contributed by atoms with Crippen LogP contribution in [0.4, 0.5) is 5.69 Å². The van der Waals surface area contributed by atoms with E-state index in [1.165, 1.54) is 0 Å². The minimum atomic E-state index is -0.573. The topological polar surface area (TPSA) is 68.4 Å². The zero-order valence-corrected chi connectivity index (χ0v) is 16.3. The molecule has 1 aromatic carbocycles. The molecule has 1 fully saturated rings. The fourth-order valence-corrected chi connectivity index (χ4v) is 4.01. The highest BCUT2D eigenvalue weighted by atomic mass is 32.1. The number of hydrogen-bond donors (Lipinski definition) is 2. The first kappa shape index (κ1) is 18.4. The molecular weight excluding hydrogens is 348 g/mol. The summed E-state index contributed by atoms with van der Waals surface area (Å²) in [4.78, 5) is 31.9. The summed E-state index contributed by atoms with van der Waals surface area (Å²) < 4.78 is 0. The van der Waals surface area contributed by atoms with Gasteiger partial charge in [-0.05, 0) is 63.5 Å². The van der Waals surface area contributed by atoms with Crippen LogP contribution in [0.5, 0.6) is 0 Å². The van der Waals surface area contributed by atoms with E-state index in [0.717, 1.165) is 10.9 Å². The fourth-order valence-electron chi connectivity index (χ4n) is 3.39. The first-order valence-electron chi connectivity index (χ1n) is 8.74. The van der Waals surface area contributed by atoms with Crippen LogP contribution in [0.3, 0.4) is 0 Å². The van der Waals surface area contributed by atoms with Gasteiger partial charge in [-0.2, -0.15) is 0 Å². The molecule has 2 heterocycles. The molecule has 0 spiro atoms. The lowest BCUT2D eigenvalue weighted by molar-refractivity contribution is -0.131. The Labute approximate surface area is 158 Å². The van der Waals surface area contributed by atoms with E-state index in [1.54, 1.807) is 4.90 Å². The molecule has 0 aliphatic carbocycles. The molecule has 0 radical (unpaired) electrons. The van der Waals surface area contributed by atoms with Crippen molar-refractivity contribution in [2.24, 2.45) is 0 Å². The summed E-state index contributed by atoms with van der Waals surface area (Å²) in [6, 6.07) is 7.08. The number of nitrogens with one attached hydrogen (secondary N) is 2. The van der Waals surface area contributed by atoms with Crippen LogP contribution in [0.25, 0.3) is 10.9 Å². The van der Waals surface area contributed by atoms with Crippen molar-refractivity contribution < 1.29 is 9.59 Å². The molecule has 2 N–H and O–H groups in total. The predicted octanol–water partition coefficient (Wildman–Crippen LogP) is 3.11. The van der Waals surface area contributed by atoms with Gasteiger partial charge in [0.2, 0.25) is 5.91 Å². The fraction of sp³-hybridized carbons (Fsp3) is 0.421. The van der Waals surface area contributed by atoms with E-state index >= 15 is 0 Å². The van der Waals surface area contributed by atoms with Crippen molar-refractivity contribution in [1.29, 1.82) is 0 Å². The Morgan fingerprint density at radius 2 is 2.04 bits per heavy atom. The third-order valence-corrected chi connectivity index (χ3v) is 4.97. The standard InChI is InChI=1S/C19H24N4O2S/c1-5-22-17(25)15(23(18(22)26)19(2,3)4)11-16(24)21-13-7-6-12-8-9-20-14(12)10-13/h6-10,15,20H,5,11H2,1-4H3,(H,21,24). The number of carbonyl (C=O) groups is 2. The first-order valence-corrected chi connectivity index (χ1v) is 9.15. The maximum absolute atomic E-state index is 12.7. The highest BCUT2D eigenvalue weighted by molar-refractivity contribution is 7.80. The van der Waals surface area contributed by atoms with E-state index in [0.29, 0.717) is 17.3 Å². The number of fused-ring (bicyclic) bond motifs is 1. The van der Waals surface area contributed by atoms with Crippen LogP contribution in [-0.4, -0.2) is 49.8 Å². The molecule has 2 amide bonds. The molecule has 0 bridgehead atoms. The molecule has 138 valence electrons. The van der Waals surface area contributed by atoms with Crippen LogP contribution in [0.2, 0.25) is 0 Å². The number of benzene rings is 1. The van der Waals surface area contributed by atoms with Gasteiger partial charge in [0.25, 0.3) is 5.91 Å². The van der Waals surface area contributed by atoms with Gasteiger partial charge in [0.05, 0.1) is 6.42 Å². The zero-order valence-electron chi connectivity index (χ0n) is 15.5. The van der Waals surface area contributed by atoms with E-state index in [2.05, 4.69) is 10.3 Å². The lowest BCUT2D eigenvalue weighted by Gasteiger charge is -2.36. The number of carbonyl (C=O) groups excluding carboxylic acids is 2. The van der Waals surface area contributed by atoms with Crippen molar-refractivity contribution in [3.05, 3.63) is 30.5 Å². The first-order chi connectivity index (χ1) is 12.2. The molecule has 1 unspecified atom stereocenters. The number of aromatic amines is 1. The number of hydrogen-bond acceptors (Lipinski definition) is 3. The number of anilines is 1.